The van der Waals surface area contributed by atoms with Gasteiger partial charge in [0.05, 0.1) is 22.1 Å². The molecule has 1 heteroatoms. The van der Waals surface area contributed by atoms with Gasteiger partial charge in [0.2, 0.25) is 0 Å². The van der Waals surface area contributed by atoms with Crippen molar-refractivity contribution >= 4 is 21.8 Å². The van der Waals surface area contributed by atoms with Crippen LogP contribution in [0.2, 0.25) is 0 Å². The molecule has 2 aliphatic rings. The molecule has 33 heavy (non-hydrogen) atoms. The highest BCUT2D eigenvalue weighted by molar-refractivity contribution is 6.12. The van der Waals surface area contributed by atoms with Crippen molar-refractivity contribution in [2.75, 3.05) is 0 Å². The Morgan fingerprint density at radius 1 is 0.545 bits per heavy atom. The first-order chi connectivity index (χ1) is 16.3. The molecule has 1 spiro atoms. The molecule has 0 saturated heterocycles. The number of para-hydroxylation sites is 2. The first-order valence-corrected chi connectivity index (χ1v) is 11.6. The van der Waals surface area contributed by atoms with E-state index in [1.807, 2.05) is 0 Å². The van der Waals surface area contributed by atoms with Crippen LogP contribution in [0, 0.1) is 6.92 Å². The highest BCUT2D eigenvalue weighted by atomic mass is 15.0. The highest BCUT2D eigenvalue weighted by Crippen LogP contribution is 2.60. The summed E-state index contributed by atoms with van der Waals surface area (Å²) < 4.78 is 2.51. The SMILES string of the molecule is Cc1ccc2c(c1)-n1c3ccccc3c3cccc(c31)C21c2ccccc2-c2ccccc21. The molecule has 2 heterocycles. The molecule has 0 saturated carbocycles. The molecule has 8 rings (SSSR count). The second-order valence-electron chi connectivity index (χ2n) is 9.42. The molecule has 0 atom stereocenters. The molecular weight excluding hydrogens is 398 g/mol. The molecule has 6 aromatic rings. The maximum atomic E-state index is 2.51. The van der Waals surface area contributed by atoms with E-state index in [2.05, 4.69) is 121 Å². The summed E-state index contributed by atoms with van der Waals surface area (Å²) in [5.74, 6) is 0. The average Bonchev–Trinajstić information content (AvgIpc) is 3.35. The highest BCUT2D eigenvalue weighted by Gasteiger charge is 2.50. The smallest absolute Gasteiger partial charge is 0.0754 e. The van der Waals surface area contributed by atoms with Crippen molar-refractivity contribution in [3.05, 3.63) is 137 Å². The van der Waals surface area contributed by atoms with Crippen LogP contribution in [0.1, 0.15) is 27.8 Å². The van der Waals surface area contributed by atoms with E-state index < -0.39 is 0 Å². The van der Waals surface area contributed by atoms with Gasteiger partial charge in [0, 0.05) is 10.8 Å². The fraction of sp³-hybridized carbons (Fsp3) is 0.0625. The van der Waals surface area contributed by atoms with Crippen molar-refractivity contribution in [3.8, 4) is 16.8 Å². The lowest BCUT2D eigenvalue weighted by atomic mass is 9.65. The predicted molar refractivity (Wildman–Crippen MR) is 136 cm³/mol. The Kier molecular flexibility index (Phi) is 3.08. The molecule has 1 nitrogen and oxygen atoms in total. The molecule has 0 amide bonds. The second-order valence-corrected chi connectivity index (χ2v) is 9.42. The summed E-state index contributed by atoms with van der Waals surface area (Å²) in [6, 6.07) is 40.8. The third-order valence-electron chi connectivity index (χ3n) is 7.85. The third kappa shape index (κ3) is 1.88. The van der Waals surface area contributed by atoms with Crippen molar-refractivity contribution in [3.63, 3.8) is 0 Å². The number of nitrogens with zero attached hydrogens (tertiary/aromatic N) is 1. The first-order valence-electron chi connectivity index (χ1n) is 11.6. The number of rotatable bonds is 0. The number of aromatic nitrogens is 1. The van der Waals surface area contributed by atoms with E-state index in [0.29, 0.717) is 0 Å². The Labute approximate surface area is 192 Å². The summed E-state index contributed by atoms with van der Waals surface area (Å²) in [4.78, 5) is 0. The Balaban J connectivity index is 1.71. The molecule has 0 fully saturated rings. The van der Waals surface area contributed by atoms with Gasteiger partial charge in [0.1, 0.15) is 0 Å². The lowest BCUT2D eigenvalue weighted by Crippen LogP contribution is -2.33. The van der Waals surface area contributed by atoms with Gasteiger partial charge >= 0.3 is 0 Å². The zero-order valence-corrected chi connectivity index (χ0v) is 18.3. The van der Waals surface area contributed by atoms with Crippen molar-refractivity contribution < 1.29 is 0 Å². The zero-order valence-electron chi connectivity index (χ0n) is 18.3. The summed E-state index contributed by atoms with van der Waals surface area (Å²) in [5.41, 5.74) is 13.1. The van der Waals surface area contributed by atoms with E-state index in [0.717, 1.165) is 0 Å². The molecule has 0 bridgehead atoms. The summed E-state index contributed by atoms with van der Waals surface area (Å²) in [5, 5.41) is 2.65. The van der Waals surface area contributed by atoms with Crippen LogP contribution in [-0.2, 0) is 5.41 Å². The van der Waals surface area contributed by atoms with Crippen LogP contribution >= 0.6 is 0 Å². The van der Waals surface area contributed by atoms with Gasteiger partial charge in [-0.1, -0.05) is 97.1 Å². The van der Waals surface area contributed by atoms with Gasteiger partial charge in [-0.15, -0.1) is 0 Å². The van der Waals surface area contributed by atoms with Gasteiger partial charge < -0.3 is 4.57 Å². The van der Waals surface area contributed by atoms with Crippen LogP contribution in [0.3, 0.4) is 0 Å². The number of fused-ring (bicyclic) bond motifs is 12. The van der Waals surface area contributed by atoms with Crippen molar-refractivity contribution in [2.24, 2.45) is 0 Å². The number of hydrogen-bond donors (Lipinski definition) is 0. The Bertz CT molecular complexity index is 1740. The maximum Gasteiger partial charge on any atom is 0.0754 e. The van der Waals surface area contributed by atoms with Crippen LogP contribution in [0.25, 0.3) is 38.6 Å². The van der Waals surface area contributed by atoms with E-state index in [-0.39, 0.29) is 5.41 Å². The lowest BCUT2D eigenvalue weighted by Gasteiger charge is -2.39. The van der Waals surface area contributed by atoms with Crippen molar-refractivity contribution in [1.82, 2.24) is 4.57 Å². The summed E-state index contributed by atoms with van der Waals surface area (Å²) in [7, 11) is 0. The quantitative estimate of drug-likeness (QED) is 0.237. The maximum absolute atomic E-state index is 2.51. The number of aryl methyl sites for hydroxylation is 1. The van der Waals surface area contributed by atoms with Gasteiger partial charge in [-0.2, -0.15) is 0 Å². The number of hydrogen-bond acceptors (Lipinski definition) is 0. The molecular formula is C32H21N. The Hall–Kier alpha value is -4.10. The normalized spacial score (nSPS) is 14.5. The van der Waals surface area contributed by atoms with Crippen molar-refractivity contribution in [2.45, 2.75) is 12.3 Å². The molecule has 1 aliphatic heterocycles. The van der Waals surface area contributed by atoms with E-state index in [1.54, 1.807) is 0 Å². The zero-order chi connectivity index (χ0) is 21.7. The van der Waals surface area contributed by atoms with Gasteiger partial charge in [-0.3, -0.25) is 0 Å². The van der Waals surface area contributed by atoms with Gasteiger partial charge in [0.15, 0.2) is 0 Å². The van der Waals surface area contributed by atoms with Crippen LogP contribution in [0.5, 0.6) is 0 Å². The monoisotopic (exact) mass is 419 g/mol. The molecule has 0 unspecified atom stereocenters. The number of benzene rings is 5. The summed E-state index contributed by atoms with van der Waals surface area (Å²) >= 11 is 0. The van der Waals surface area contributed by atoms with E-state index >= 15 is 0 Å². The predicted octanol–water partition coefficient (Wildman–Crippen LogP) is 7.77. The van der Waals surface area contributed by atoms with E-state index in [4.69, 9.17) is 0 Å². The van der Waals surface area contributed by atoms with Crippen LogP contribution in [-0.4, -0.2) is 4.57 Å². The largest absolute Gasteiger partial charge is 0.309 e. The van der Waals surface area contributed by atoms with Gasteiger partial charge in [-0.25, -0.2) is 0 Å². The minimum absolute atomic E-state index is 0.319. The Morgan fingerprint density at radius 3 is 1.97 bits per heavy atom. The van der Waals surface area contributed by atoms with Gasteiger partial charge in [0.25, 0.3) is 0 Å². The van der Waals surface area contributed by atoms with Crippen LogP contribution < -0.4 is 0 Å². The minimum Gasteiger partial charge on any atom is -0.309 e. The summed E-state index contributed by atoms with van der Waals surface area (Å²) in [6.45, 7) is 2.20. The van der Waals surface area contributed by atoms with Crippen molar-refractivity contribution in [1.29, 1.82) is 0 Å². The molecule has 1 aromatic heterocycles. The van der Waals surface area contributed by atoms with E-state index in [9.17, 15) is 0 Å². The first kappa shape index (κ1) is 17.5. The topological polar surface area (TPSA) is 4.93 Å². The third-order valence-corrected chi connectivity index (χ3v) is 7.85. The second kappa shape index (κ2) is 5.82. The molecule has 1 aliphatic carbocycles. The van der Waals surface area contributed by atoms with Crippen LogP contribution in [0.15, 0.2) is 109 Å². The average molecular weight is 420 g/mol. The lowest BCUT2D eigenvalue weighted by molar-refractivity contribution is 0.748. The molecule has 0 radical (unpaired) electrons. The van der Waals surface area contributed by atoms with Crippen LogP contribution in [0.4, 0.5) is 0 Å². The molecule has 0 N–H and O–H groups in total. The minimum atomic E-state index is -0.319. The standard InChI is InChI=1S/C32H21N/c1-20-17-18-27-30(19-20)33-29-16-7-4-11-23(29)24-12-8-15-28(31(24)33)32(27)25-13-5-2-9-21(25)22-10-3-6-14-26(22)32/h2-19H,1H3. The molecule has 5 aromatic carbocycles. The summed E-state index contributed by atoms with van der Waals surface area (Å²) in [6.07, 6.45) is 0. The Morgan fingerprint density at radius 2 is 1.18 bits per heavy atom. The fourth-order valence-corrected chi connectivity index (χ4v) is 6.68. The van der Waals surface area contributed by atoms with E-state index in [1.165, 1.54) is 66.4 Å². The van der Waals surface area contributed by atoms with Gasteiger partial charge in [-0.05, 0) is 58.0 Å². The molecule has 154 valence electrons. The fourth-order valence-electron chi connectivity index (χ4n) is 6.68.